The van der Waals surface area contributed by atoms with Gasteiger partial charge in [0.2, 0.25) is 11.8 Å². The van der Waals surface area contributed by atoms with E-state index in [9.17, 15) is 23.6 Å². The molecule has 0 aliphatic carbocycles. The SMILES string of the molecule is COc1ccc(CC(CC(=O)C(C)NC(=O)CN2CCOCC2)C(=O)NC(Cc2cccc(F)c2)C(=O)C2(C)CO2)cc1. The van der Waals surface area contributed by atoms with Crippen LogP contribution >= 0.6 is 0 Å². The van der Waals surface area contributed by atoms with Gasteiger partial charge in [-0.15, -0.1) is 0 Å². The first-order valence-corrected chi connectivity index (χ1v) is 14.5. The Morgan fingerprint density at radius 3 is 2.35 bits per heavy atom. The second-order valence-electron chi connectivity index (χ2n) is 11.4. The Hall–Kier alpha value is -3.67. The number of Topliss-reactive ketones (excluding diaryl/α,β-unsaturated/α-hetero) is 2. The zero-order chi connectivity index (χ0) is 31.0. The Bertz CT molecular complexity index is 1290. The van der Waals surface area contributed by atoms with Gasteiger partial charge in [0.05, 0.1) is 45.6 Å². The van der Waals surface area contributed by atoms with E-state index >= 15 is 0 Å². The summed E-state index contributed by atoms with van der Waals surface area (Å²) in [6.45, 7) is 6.02. The zero-order valence-electron chi connectivity index (χ0n) is 24.9. The van der Waals surface area contributed by atoms with E-state index in [2.05, 4.69) is 10.6 Å². The summed E-state index contributed by atoms with van der Waals surface area (Å²) in [7, 11) is 1.55. The highest BCUT2D eigenvalue weighted by molar-refractivity contribution is 5.98. The number of ketones is 2. The molecule has 0 bridgehead atoms. The molecule has 2 heterocycles. The van der Waals surface area contributed by atoms with Gasteiger partial charge in [0, 0.05) is 25.4 Å². The lowest BCUT2D eigenvalue weighted by atomic mass is 9.89. The Labute approximate surface area is 251 Å². The highest BCUT2D eigenvalue weighted by Gasteiger charge is 2.50. The molecule has 4 rings (SSSR count). The number of hydrogen-bond acceptors (Lipinski definition) is 8. The minimum Gasteiger partial charge on any atom is -0.497 e. The normalized spacial score (nSPS) is 20.4. The van der Waals surface area contributed by atoms with Crippen molar-refractivity contribution in [2.45, 2.75) is 50.8 Å². The number of ether oxygens (including phenoxy) is 3. The fourth-order valence-electron chi connectivity index (χ4n) is 5.07. The standard InChI is InChI=1S/C32H40FN3O7/c1-21(34-29(38)19-36-11-13-42-14-12-36)28(37)18-24(15-22-7-9-26(41-3)10-8-22)31(40)35-27(30(39)32(2)20-43-32)17-23-5-4-6-25(33)16-23/h4-10,16,21,24,27H,11-15,17-20H2,1-3H3,(H,34,38)(H,35,40). The van der Waals surface area contributed by atoms with Crippen LogP contribution < -0.4 is 15.4 Å². The molecule has 2 aromatic carbocycles. The van der Waals surface area contributed by atoms with Crippen LogP contribution in [0.2, 0.25) is 0 Å². The highest BCUT2D eigenvalue weighted by Crippen LogP contribution is 2.29. The number of rotatable bonds is 15. The first kappa shape index (κ1) is 32.2. The molecule has 0 spiro atoms. The number of morpholine rings is 1. The van der Waals surface area contributed by atoms with Gasteiger partial charge in [-0.2, -0.15) is 0 Å². The summed E-state index contributed by atoms with van der Waals surface area (Å²) in [5.41, 5.74) is 0.316. The lowest BCUT2D eigenvalue weighted by molar-refractivity contribution is -0.134. The second-order valence-corrected chi connectivity index (χ2v) is 11.4. The monoisotopic (exact) mass is 597 g/mol. The van der Waals surface area contributed by atoms with Crippen molar-refractivity contribution in [1.82, 2.24) is 15.5 Å². The fraction of sp³-hybridized carbons (Fsp3) is 0.500. The van der Waals surface area contributed by atoms with Crippen LogP contribution in [0, 0.1) is 11.7 Å². The lowest BCUT2D eigenvalue weighted by Gasteiger charge is -2.27. The van der Waals surface area contributed by atoms with Gasteiger partial charge in [-0.05, 0) is 62.1 Å². The van der Waals surface area contributed by atoms with Crippen LogP contribution in [-0.4, -0.2) is 92.5 Å². The number of epoxide rings is 1. The average Bonchev–Trinajstić information content (AvgIpc) is 3.75. The van der Waals surface area contributed by atoms with Gasteiger partial charge in [-0.1, -0.05) is 24.3 Å². The maximum absolute atomic E-state index is 13.9. The maximum atomic E-state index is 13.9. The summed E-state index contributed by atoms with van der Waals surface area (Å²) in [5.74, 6) is -2.03. The van der Waals surface area contributed by atoms with Crippen molar-refractivity contribution in [2.24, 2.45) is 5.92 Å². The second kappa shape index (κ2) is 14.7. The van der Waals surface area contributed by atoms with E-state index in [0.717, 1.165) is 5.56 Å². The predicted octanol–water partition coefficient (Wildman–Crippen LogP) is 1.87. The molecule has 0 aromatic heterocycles. The molecule has 4 unspecified atom stereocenters. The largest absolute Gasteiger partial charge is 0.497 e. The van der Waals surface area contributed by atoms with Crippen molar-refractivity contribution in [2.75, 3.05) is 46.6 Å². The first-order chi connectivity index (χ1) is 20.6. The van der Waals surface area contributed by atoms with Gasteiger partial charge in [-0.3, -0.25) is 24.1 Å². The predicted molar refractivity (Wildman–Crippen MR) is 156 cm³/mol. The molecule has 10 nitrogen and oxygen atoms in total. The van der Waals surface area contributed by atoms with Gasteiger partial charge in [-0.25, -0.2) is 4.39 Å². The molecule has 11 heteroatoms. The topological polar surface area (TPSA) is 127 Å². The van der Waals surface area contributed by atoms with E-state index in [1.54, 1.807) is 45.2 Å². The molecule has 0 saturated carbocycles. The highest BCUT2D eigenvalue weighted by atomic mass is 19.1. The third kappa shape index (κ3) is 9.41. The Balaban J connectivity index is 1.48. The molecule has 4 atom stereocenters. The number of nitrogens with one attached hydrogen (secondary N) is 2. The number of benzene rings is 2. The number of carbonyl (C=O) groups is 4. The molecule has 43 heavy (non-hydrogen) atoms. The van der Waals surface area contributed by atoms with Crippen LogP contribution in [0.3, 0.4) is 0 Å². The molecule has 2 aromatic rings. The number of halogens is 1. The quantitative estimate of drug-likeness (QED) is 0.298. The van der Waals surface area contributed by atoms with Crippen molar-refractivity contribution in [1.29, 1.82) is 0 Å². The molecular formula is C32H40FN3O7. The molecule has 2 fully saturated rings. The average molecular weight is 598 g/mol. The van der Waals surface area contributed by atoms with Crippen LogP contribution in [0.1, 0.15) is 31.4 Å². The number of amides is 2. The number of hydrogen-bond donors (Lipinski definition) is 2. The Morgan fingerprint density at radius 2 is 1.72 bits per heavy atom. The molecule has 0 radical (unpaired) electrons. The van der Waals surface area contributed by atoms with Gasteiger partial charge in [0.25, 0.3) is 0 Å². The van der Waals surface area contributed by atoms with Crippen LogP contribution in [-0.2, 0) is 41.5 Å². The van der Waals surface area contributed by atoms with E-state index in [4.69, 9.17) is 14.2 Å². The van der Waals surface area contributed by atoms with Gasteiger partial charge >= 0.3 is 0 Å². The summed E-state index contributed by atoms with van der Waals surface area (Å²) in [5, 5.41) is 5.59. The van der Waals surface area contributed by atoms with Crippen molar-refractivity contribution in [3.8, 4) is 5.75 Å². The van der Waals surface area contributed by atoms with Crippen LogP contribution in [0.5, 0.6) is 5.75 Å². The van der Waals surface area contributed by atoms with E-state index in [1.165, 1.54) is 12.1 Å². The number of carbonyl (C=O) groups excluding carboxylic acids is 4. The Morgan fingerprint density at radius 1 is 1.02 bits per heavy atom. The van der Waals surface area contributed by atoms with Crippen molar-refractivity contribution in [3.05, 3.63) is 65.5 Å². The zero-order valence-corrected chi connectivity index (χ0v) is 24.9. The molecule has 232 valence electrons. The van der Waals surface area contributed by atoms with Crippen molar-refractivity contribution >= 4 is 23.4 Å². The molecule has 2 aliphatic heterocycles. The first-order valence-electron chi connectivity index (χ1n) is 14.5. The summed E-state index contributed by atoms with van der Waals surface area (Å²) >= 11 is 0. The van der Waals surface area contributed by atoms with Gasteiger partial charge in [0.1, 0.15) is 17.2 Å². The number of methoxy groups -OCH3 is 1. The van der Waals surface area contributed by atoms with E-state index in [1.807, 2.05) is 17.0 Å². The minimum absolute atomic E-state index is 0.0679. The van der Waals surface area contributed by atoms with E-state index < -0.39 is 35.3 Å². The maximum Gasteiger partial charge on any atom is 0.234 e. The third-order valence-electron chi connectivity index (χ3n) is 7.85. The molecule has 2 amide bonds. The molecule has 2 aliphatic rings. The fourth-order valence-corrected chi connectivity index (χ4v) is 5.07. The van der Waals surface area contributed by atoms with Crippen LogP contribution in [0.15, 0.2) is 48.5 Å². The number of nitrogens with zero attached hydrogens (tertiary/aromatic N) is 1. The smallest absolute Gasteiger partial charge is 0.234 e. The third-order valence-corrected chi connectivity index (χ3v) is 7.85. The van der Waals surface area contributed by atoms with Gasteiger partial charge < -0.3 is 24.8 Å². The van der Waals surface area contributed by atoms with Crippen LogP contribution in [0.25, 0.3) is 0 Å². The molecular weight excluding hydrogens is 557 g/mol. The summed E-state index contributed by atoms with van der Waals surface area (Å²) in [4.78, 5) is 55.0. The summed E-state index contributed by atoms with van der Waals surface area (Å²) < 4.78 is 29.8. The Kier molecular flexibility index (Phi) is 11.0. The van der Waals surface area contributed by atoms with E-state index in [-0.39, 0.29) is 49.9 Å². The van der Waals surface area contributed by atoms with Crippen molar-refractivity contribution < 1.29 is 37.8 Å². The van der Waals surface area contributed by atoms with Crippen molar-refractivity contribution in [3.63, 3.8) is 0 Å². The van der Waals surface area contributed by atoms with Gasteiger partial charge in [0.15, 0.2) is 11.6 Å². The molecule has 2 saturated heterocycles. The minimum atomic E-state index is -1.02. The molecule has 2 N–H and O–H groups in total. The summed E-state index contributed by atoms with van der Waals surface area (Å²) in [6, 6.07) is 11.2. The van der Waals surface area contributed by atoms with E-state index in [0.29, 0.717) is 37.6 Å². The lowest BCUT2D eigenvalue weighted by Crippen LogP contribution is -2.50. The van der Waals surface area contributed by atoms with Crippen LogP contribution in [0.4, 0.5) is 4.39 Å². The summed E-state index contributed by atoms with van der Waals surface area (Å²) in [6.07, 6.45) is 0.120.